The highest BCUT2D eigenvalue weighted by atomic mass is 79.9. The van der Waals surface area contributed by atoms with Crippen LogP contribution in [0.25, 0.3) is 22.2 Å². The van der Waals surface area contributed by atoms with Crippen molar-refractivity contribution in [3.8, 4) is 11.3 Å². The zero-order chi connectivity index (χ0) is 14.6. The number of hydrogen-bond acceptors (Lipinski definition) is 3. The lowest BCUT2D eigenvalue weighted by molar-refractivity contribution is 0.807. The van der Waals surface area contributed by atoms with Gasteiger partial charge in [0.05, 0.1) is 5.52 Å². The van der Waals surface area contributed by atoms with Gasteiger partial charge < -0.3 is 10.3 Å². The minimum absolute atomic E-state index is 0.570. The highest BCUT2D eigenvalue weighted by molar-refractivity contribution is 9.10. The smallest absolute Gasteiger partial charge is 0.131 e. The normalized spacial score (nSPS) is 14.8. The number of pyridine rings is 1. The molecular formula is C16H15BrN4. The SMILES string of the molecule is Cn1c(C2CC2)nc(-c2ccc(Br)c3cccnc23)c1N. The van der Waals surface area contributed by atoms with Crippen molar-refractivity contribution in [1.29, 1.82) is 0 Å². The predicted octanol–water partition coefficient (Wildman–Crippen LogP) is 3.86. The number of aromatic nitrogens is 3. The second-order valence-corrected chi connectivity index (χ2v) is 6.39. The van der Waals surface area contributed by atoms with Crippen LogP contribution >= 0.6 is 15.9 Å². The number of nitrogen functional groups attached to an aromatic ring is 1. The molecule has 2 N–H and O–H groups in total. The first kappa shape index (κ1) is 12.8. The monoisotopic (exact) mass is 342 g/mol. The third-order valence-electron chi connectivity index (χ3n) is 4.09. The maximum Gasteiger partial charge on any atom is 0.131 e. The van der Waals surface area contributed by atoms with Gasteiger partial charge in [0.15, 0.2) is 0 Å². The highest BCUT2D eigenvalue weighted by Gasteiger charge is 2.30. The Morgan fingerprint density at radius 3 is 2.86 bits per heavy atom. The summed E-state index contributed by atoms with van der Waals surface area (Å²) in [7, 11) is 1.99. The molecule has 2 aromatic heterocycles. The number of anilines is 1. The maximum atomic E-state index is 6.29. The fourth-order valence-corrected chi connectivity index (χ4v) is 3.22. The number of nitrogens with zero attached hydrogens (tertiary/aromatic N) is 3. The molecule has 0 bridgehead atoms. The molecular weight excluding hydrogens is 328 g/mol. The first-order valence-electron chi connectivity index (χ1n) is 7.02. The fraction of sp³-hybridized carbons (Fsp3) is 0.250. The molecule has 106 valence electrons. The zero-order valence-electron chi connectivity index (χ0n) is 11.7. The quantitative estimate of drug-likeness (QED) is 0.769. The third kappa shape index (κ3) is 1.95. The summed E-state index contributed by atoms with van der Waals surface area (Å²) >= 11 is 3.58. The number of imidazole rings is 1. The molecule has 3 aromatic rings. The van der Waals surface area contributed by atoms with E-state index >= 15 is 0 Å². The van der Waals surface area contributed by atoms with Crippen molar-refractivity contribution in [3.05, 3.63) is 40.8 Å². The van der Waals surface area contributed by atoms with Crippen molar-refractivity contribution < 1.29 is 0 Å². The fourth-order valence-electron chi connectivity index (χ4n) is 2.76. The lowest BCUT2D eigenvalue weighted by Gasteiger charge is -2.06. The molecule has 1 aliphatic rings. The number of benzene rings is 1. The van der Waals surface area contributed by atoms with E-state index in [1.165, 1.54) is 12.8 Å². The molecule has 0 unspecified atom stereocenters. The molecule has 21 heavy (non-hydrogen) atoms. The standard InChI is InChI=1S/C16H15BrN4/c1-21-15(18)14(20-16(21)9-4-5-9)11-6-7-12(17)10-3-2-8-19-13(10)11/h2-3,6-9H,4-5,18H2,1H3. The summed E-state index contributed by atoms with van der Waals surface area (Å²) in [5.74, 6) is 2.38. The average molecular weight is 343 g/mol. The highest BCUT2D eigenvalue weighted by Crippen LogP contribution is 2.42. The summed E-state index contributed by atoms with van der Waals surface area (Å²) in [5.41, 5.74) is 9.06. The molecule has 0 spiro atoms. The molecule has 1 saturated carbocycles. The summed E-state index contributed by atoms with van der Waals surface area (Å²) in [4.78, 5) is 9.33. The largest absolute Gasteiger partial charge is 0.383 e. The summed E-state index contributed by atoms with van der Waals surface area (Å²) in [6.07, 6.45) is 4.23. The van der Waals surface area contributed by atoms with Gasteiger partial charge in [0.2, 0.25) is 0 Å². The maximum absolute atomic E-state index is 6.29. The van der Waals surface area contributed by atoms with Crippen LogP contribution < -0.4 is 5.73 Å². The Balaban J connectivity index is 1.99. The van der Waals surface area contributed by atoms with E-state index in [1.54, 1.807) is 6.20 Å². The molecule has 2 heterocycles. The third-order valence-corrected chi connectivity index (χ3v) is 4.78. The van der Waals surface area contributed by atoms with Crippen LogP contribution in [0.1, 0.15) is 24.6 Å². The van der Waals surface area contributed by atoms with Crippen molar-refractivity contribution in [2.75, 3.05) is 5.73 Å². The van der Waals surface area contributed by atoms with Crippen LogP contribution in [0.2, 0.25) is 0 Å². The molecule has 1 fully saturated rings. The van der Waals surface area contributed by atoms with Crippen molar-refractivity contribution in [1.82, 2.24) is 14.5 Å². The van der Waals surface area contributed by atoms with E-state index in [1.807, 2.05) is 29.8 Å². The van der Waals surface area contributed by atoms with Gasteiger partial charge in [-0.3, -0.25) is 4.98 Å². The summed E-state index contributed by atoms with van der Waals surface area (Å²) in [5, 5.41) is 1.08. The number of halogens is 1. The van der Waals surface area contributed by atoms with Crippen LogP contribution in [0.5, 0.6) is 0 Å². The minimum Gasteiger partial charge on any atom is -0.383 e. The Morgan fingerprint density at radius 1 is 1.29 bits per heavy atom. The lowest BCUT2D eigenvalue weighted by Crippen LogP contribution is -2.00. The van der Waals surface area contributed by atoms with E-state index in [0.717, 1.165) is 32.5 Å². The summed E-state index contributed by atoms with van der Waals surface area (Å²) in [6.45, 7) is 0. The van der Waals surface area contributed by atoms with Gasteiger partial charge in [0, 0.05) is 34.6 Å². The van der Waals surface area contributed by atoms with Gasteiger partial charge in [-0.1, -0.05) is 22.0 Å². The molecule has 5 heteroatoms. The van der Waals surface area contributed by atoms with E-state index in [-0.39, 0.29) is 0 Å². The number of fused-ring (bicyclic) bond motifs is 1. The van der Waals surface area contributed by atoms with Crippen LogP contribution in [0.4, 0.5) is 5.82 Å². The molecule has 0 saturated heterocycles. The molecule has 0 amide bonds. The van der Waals surface area contributed by atoms with Crippen molar-refractivity contribution >= 4 is 32.7 Å². The van der Waals surface area contributed by atoms with E-state index in [2.05, 4.69) is 27.0 Å². The second-order valence-electron chi connectivity index (χ2n) is 5.53. The minimum atomic E-state index is 0.570. The van der Waals surface area contributed by atoms with E-state index in [0.29, 0.717) is 11.7 Å². The zero-order valence-corrected chi connectivity index (χ0v) is 13.3. The average Bonchev–Trinajstić information content (AvgIpc) is 3.29. The van der Waals surface area contributed by atoms with Gasteiger partial charge >= 0.3 is 0 Å². The molecule has 1 aliphatic carbocycles. The first-order valence-corrected chi connectivity index (χ1v) is 7.82. The Bertz CT molecular complexity index is 849. The molecule has 0 radical (unpaired) electrons. The van der Waals surface area contributed by atoms with Crippen LogP contribution in [0.15, 0.2) is 34.9 Å². The van der Waals surface area contributed by atoms with Crippen LogP contribution in [0, 0.1) is 0 Å². The van der Waals surface area contributed by atoms with E-state index in [4.69, 9.17) is 10.7 Å². The second kappa shape index (κ2) is 4.56. The van der Waals surface area contributed by atoms with E-state index < -0.39 is 0 Å². The number of nitrogens with two attached hydrogens (primary N) is 1. The van der Waals surface area contributed by atoms with Crippen molar-refractivity contribution in [2.24, 2.45) is 7.05 Å². The number of rotatable bonds is 2. The van der Waals surface area contributed by atoms with E-state index in [9.17, 15) is 0 Å². The van der Waals surface area contributed by atoms with Gasteiger partial charge in [-0.2, -0.15) is 0 Å². The lowest BCUT2D eigenvalue weighted by atomic mass is 10.1. The predicted molar refractivity (Wildman–Crippen MR) is 88.0 cm³/mol. The van der Waals surface area contributed by atoms with Crippen LogP contribution in [-0.2, 0) is 7.05 Å². The Morgan fingerprint density at radius 2 is 2.10 bits per heavy atom. The van der Waals surface area contributed by atoms with Gasteiger partial charge in [-0.05, 0) is 31.0 Å². The van der Waals surface area contributed by atoms with Crippen LogP contribution in [-0.4, -0.2) is 14.5 Å². The Kier molecular flexibility index (Phi) is 2.79. The van der Waals surface area contributed by atoms with Gasteiger partial charge in [-0.15, -0.1) is 0 Å². The molecule has 0 aliphatic heterocycles. The molecule has 4 rings (SSSR count). The van der Waals surface area contributed by atoms with Crippen molar-refractivity contribution in [2.45, 2.75) is 18.8 Å². The molecule has 0 atom stereocenters. The Hall–Kier alpha value is -1.88. The Labute approximate surface area is 131 Å². The van der Waals surface area contributed by atoms with Gasteiger partial charge in [-0.25, -0.2) is 4.98 Å². The van der Waals surface area contributed by atoms with Gasteiger partial charge in [0.25, 0.3) is 0 Å². The first-order chi connectivity index (χ1) is 10.2. The summed E-state index contributed by atoms with van der Waals surface area (Å²) < 4.78 is 3.05. The van der Waals surface area contributed by atoms with Crippen molar-refractivity contribution in [3.63, 3.8) is 0 Å². The molecule has 4 nitrogen and oxygen atoms in total. The van der Waals surface area contributed by atoms with Gasteiger partial charge in [0.1, 0.15) is 17.3 Å². The topological polar surface area (TPSA) is 56.7 Å². The van der Waals surface area contributed by atoms with Crippen LogP contribution in [0.3, 0.4) is 0 Å². The summed E-state index contributed by atoms with van der Waals surface area (Å²) in [6, 6.07) is 8.06. The number of hydrogen-bond donors (Lipinski definition) is 1. The molecule has 1 aromatic carbocycles.